The SMILES string of the molecule is CS(=O)(=O)Nc1cccc(C(O)CNCCOc2ccc3c4c([nH]c3c2)CCCC4)c1O. The van der Waals surface area contributed by atoms with Gasteiger partial charge in [-0.05, 0) is 49.4 Å². The topological polar surface area (TPSA) is 124 Å². The van der Waals surface area contributed by atoms with Gasteiger partial charge in [0, 0.05) is 41.3 Å². The number of phenolic OH excluding ortho intramolecular Hbond substituents is 1. The first-order chi connectivity index (χ1) is 15.3. The van der Waals surface area contributed by atoms with Crippen LogP contribution in [0.1, 0.15) is 35.8 Å². The number of sulfonamides is 1. The molecule has 0 saturated heterocycles. The summed E-state index contributed by atoms with van der Waals surface area (Å²) in [6, 6.07) is 10.7. The summed E-state index contributed by atoms with van der Waals surface area (Å²) in [5, 5.41) is 25.0. The van der Waals surface area contributed by atoms with Crippen molar-refractivity contribution in [1.82, 2.24) is 10.3 Å². The smallest absolute Gasteiger partial charge is 0.229 e. The average Bonchev–Trinajstić information content (AvgIpc) is 3.11. The predicted molar refractivity (Wildman–Crippen MR) is 125 cm³/mol. The highest BCUT2D eigenvalue weighted by Crippen LogP contribution is 2.32. The van der Waals surface area contributed by atoms with Crippen molar-refractivity contribution >= 4 is 26.6 Å². The van der Waals surface area contributed by atoms with E-state index < -0.39 is 16.1 Å². The lowest BCUT2D eigenvalue weighted by Gasteiger charge is -2.16. The monoisotopic (exact) mass is 459 g/mol. The Morgan fingerprint density at radius 1 is 1.19 bits per heavy atom. The number of H-pyrrole nitrogens is 1. The normalized spacial score (nSPS) is 14.8. The van der Waals surface area contributed by atoms with Crippen LogP contribution in [0.25, 0.3) is 10.9 Å². The summed E-state index contributed by atoms with van der Waals surface area (Å²) in [5.74, 6) is 0.501. The van der Waals surface area contributed by atoms with Gasteiger partial charge in [0.2, 0.25) is 10.0 Å². The molecular weight excluding hydrogens is 430 g/mol. The van der Waals surface area contributed by atoms with Gasteiger partial charge in [0.1, 0.15) is 18.1 Å². The summed E-state index contributed by atoms with van der Waals surface area (Å²) < 4.78 is 30.9. The van der Waals surface area contributed by atoms with Crippen molar-refractivity contribution in [2.24, 2.45) is 0 Å². The molecule has 1 aliphatic carbocycles. The van der Waals surface area contributed by atoms with Crippen molar-refractivity contribution in [3.05, 3.63) is 53.2 Å². The van der Waals surface area contributed by atoms with E-state index in [9.17, 15) is 18.6 Å². The molecule has 9 heteroatoms. The Labute approximate surface area is 187 Å². The molecule has 1 heterocycles. The van der Waals surface area contributed by atoms with Crippen LogP contribution in [-0.4, -0.2) is 49.6 Å². The van der Waals surface area contributed by atoms with Gasteiger partial charge in [0.25, 0.3) is 0 Å². The summed E-state index contributed by atoms with van der Waals surface area (Å²) in [4.78, 5) is 3.52. The Kier molecular flexibility index (Phi) is 6.59. The largest absolute Gasteiger partial charge is 0.505 e. The number of hydrogen-bond donors (Lipinski definition) is 5. The molecule has 5 N–H and O–H groups in total. The Bertz CT molecular complexity index is 1210. The van der Waals surface area contributed by atoms with E-state index in [1.807, 2.05) is 12.1 Å². The summed E-state index contributed by atoms with van der Waals surface area (Å²) in [7, 11) is -3.53. The third kappa shape index (κ3) is 5.17. The molecule has 0 bridgehead atoms. The maximum atomic E-state index is 11.4. The number of hydrogen-bond acceptors (Lipinski definition) is 6. The van der Waals surface area contributed by atoms with Crippen LogP contribution in [0.4, 0.5) is 5.69 Å². The molecule has 32 heavy (non-hydrogen) atoms. The van der Waals surface area contributed by atoms with Gasteiger partial charge in [-0.25, -0.2) is 8.42 Å². The van der Waals surface area contributed by atoms with E-state index in [1.165, 1.54) is 35.6 Å². The summed E-state index contributed by atoms with van der Waals surface area (Å²) in [6.45, 7) is 1.10. The number of aromatic hydroxyl groups is 1. The lowest BCUT2D eigenvalue weighted by atomic mass is 9.96. The number of aliphatic hydroxyl groups excluding tert-OH is 1. The molecule has 4 rings (SSSR count). The van der Waals surface area contributed by atoms with Crippen LogP contribution in [0.2, 0.25) is 0 Å². The van der Waals surface area contributed by atoms with Crippen molar-refractivity contribution < 1.29 is 23.4 Å². The Hall–Kier alpha value is -2.75. The van der Waals surface area contributed by atoms with Crippen LogP contribution >= 0.6 is 0 Å². The fourth-order valence-electron chi connectivity index (χ4n) is 4.18. The molecule has 0 saturated carbocycles. The minimum Gasteiger partial charge on any atom is -0.505 e. The molecule has 3 aromatic rings. The van der Waals surface area contributed by atoms with Gasteiger partial charge in [-0.15, -0.1) is 0 Å². The van der Waals surface area contributed by atoms with Crippen molar-refractivity contribution in [2.75, 3.05) is 30.7 Å². The minimum absolute atomic E-state index is 0.0359. The van der Waals surface area contributed by atoms with Crippen molar-refractivity contribution in [3.63, 3.8) is 0 Å². The molecule has 1 aromatic heterocycles. The van der Waals surface area contributed by atoms with E-state index in [1.54, 1.807) is 12.1 Å². The molecule has 8 nitrogen and oxygen atoms in total. The van der Waals surface area contributed by atoms with Gasteiger partial charge in [0.15, 0.2) is 0 Å². The molecule has 0 fully saturated rings. The third-order valence-electron chi connectivity index (χ3n) is 5.68. The van der Waals surface area contributed by atoms with E-state index in [4.69, 9.17) is 4.74 Å². The van der Waals surface area contributed by atoms with E-state index in [-0.39, 0.29) is 23.5 Å². The average molecular weight is 460 g/mol. The lowest BCUT2D eigenvalue weighted by molar-refractivity contribution is 0.168. The first-order valence-electron chi connectivity index (χ1n) is 10.8. The van der Waals surface area contributed by atoms with Crippen LogP contribution < -0.4 is 14.8 Å². The molecule has 0 amide bonds. The quantitative estimate of drug-likeness (QED) is 0.248. The number of aromatic nitrogens is 1. The minimum atomic E-state index is -3.53. The summed E-state index contributed by atoms with van der Waals surface area (Å²) >= 11 is 0. The highest BCUT2D eigenvalue weighted by atomic mass is 32.2. The number of benzene rings is 2. The van der Waals surface area contributed by atoms with Crippen molar-refractivity contribution in [2.45, 2.75) is 31.8 Å². The second-order valence-electron chi connectivity index (χ2n) is 8.18. The van der Waals surface area contributed by atoms with Gasteiger partial charge in [-0.3, -0.25) is 4.72 Å². The van der Waals surface area contributed by atoms with Crippen molar-refractivity contribution in [1.29, 1.82) is 0 Å². The van der Waals surface area contributed by atoms with Gasteiger partial charge >= 0.3 is 0 Å². The number of phenols is 1. The number of aryl methyl sites for hydroxylation is 2. The van der Waals surface area contributed by atoms with Gasteiger partial charge < -0.3 is 25.3 Å². The van der Waals surface area contributed by atoms with Crippen LogP contribution in [0.5, 0.6) is 11.5 Å². The van der Waals surface area contributed by atoms with Gasteiger partial charge in [0.05, 0.1) is 18.0 Å². The maximum absolute atomic E-state index is 11.4. The lowest BCUT2D eigenvalue weighted by Crippen LogP contribution is -2.26. The fraction of sp³-hybridized carbons (Fsp3) is 0.391. The number of nitrogens with one attached hydrogen (secondary N) is 3. The highest BCUT2D eigenvalue weighted by molar-refractivity contribution is 7.92. The second kappa shape index (κ2) is 9.40. The molecule has 1 unspecified atom stereocenters. The van der Waals surface area contributed by atoms with Crippen LogP contribution in [-0.2, 0) is 22.9 Å². The molecule has 172 valence electrons. The summed E-state index contributed by atoms with van der Waals surface area (Å²) in [6.07, 6.45) is 4.71. The number of ether oxygens (including phenoxy) is 1. The first kappa shape index (κ1) is 22.4. The number of aromatic amines is 1. The molecule has 0 spiro atoms. The summed E-state index contributed by atoms with van der Waals surface area (Å²) in [5.41, 5.74) is 4.17. The number of rotatable bonds is 9. The molecule has 1 atom stereocenters. The molecule has 0 aliphatic heterocycles. The molecule has 0 radical (unpaired) electrons. The zero-order valence-corrected chi connectivity index (χ0v) is 18.8. The Morgan fingerprint density at radius 2 is 2.00 bits per heavy atom. The van der Waals surface area contributed by atoms with E-state index in [2.05, 4.69) is 21.1 Å². The predicted octanol–water partition coefficient (Wildman–Crippen LogP) is 2.83. The maximum Gasteiger partial charge on any atom is 0.229 e. The molecule has 2 aromatic carbocycles. The van der Waals surface area contributed by atoms with E-state index >= 15 is 0 Å². The van der Waals surface area contributed by atoms with E-state index in [0.717, 1.165) is 30.4 Å². The first-order valence-corrected chi connectivity index (χ1v) is 12.7. The Balaban J connectivity index is 1.28. The standard InChI is InChI=1S/C23H29N3O5S/c1-32(29,30)26-20-8-4-6-18(23(20)28)22(27)14-24-11-12-31-15-9-10-17-16-5-2-3-7-19(16)25-21(17)13-15/h4,6,8-10,13,22,24-28H,2-3,5,7,11-12,14H2,1H3. The van der Waals surface area contributed by atoms with Gasteiger partial charge in [-0.2, -0.15) is 0 Å². The second-order valence-corrected chi connectivity index (χ2v) is 9.93. The van der Waals surface area contributed by atoms with Crippen molar-refractivity contribution in [3.8, 4) is 11.5 Å². The number of para-hydroxylation sites is 1. The van der Waals surface area contributed by atoms with E-state index in [0.29, 0.717) is 13.2 Å². The zero-order chi connectivity index (χ0) is 22.7. The molecular formula is C23H29N3O5S. The highest BCUT2D eigenvalue weighted by Gasteiger charge is 2.17. The fourth-order valence-corrected chi connectivity index (χ4v) is 4.75. The molecule has 1 aliphatic rings. The Morgan fingerprint density at radius 3 is 2.81 bits per heavy atom. The van der Waals surface area contributed by atoms with Gasteiger partial charge in [-0.1, -0.05) is 12.1 Å². The number of fused-ring (bicyclic) bond motifs is 3. The van der Waals surface area contributed by atoms with Crippen LogP contribution in [0.3, 0.4) is 0 Å². The number of anilines is 1. The van der Waals surface area contributed by atoms with Crippen LogP contribution in [0, 0.1) is 0 Å². The van der Waals surface area contributed by atoms with Crippen LogP contribution in [0.15, 0.2) is 36.4 Å². The third-order valence-corrected chi connectivity index (χ3v) is 6.27. The number of aliphatic hydroxyl groups is 1. The zero-order valence-electron chi connectivity index (χ0n) is 18.0.